The molecule has 2 aromatic rings. The molecule has 2 amide bonds. The van der Waals surface area contributed by atoms with Crippen LogP contribution in [-0.4, -0.2) is 18.4 Å². The predicted octanol–water partition coefficient (Wildman–Crippen LogP) is 1.92. The summed E-state index contributed by atoms with van der Waals surface area (Å²) in [6.45, 7) is 3.78. The van der Waals surface area contributed by atoms with E-state index < -0.39 is 5.91 Å². The molecule has 0 aromatic heterocycles. The number of nitrogen functional groups attached to an aromatic ring is 1. The summed E-state index contributed by atoms with van der Waals surface area (Å²) in [5.74, 6) is 4.80. The molecule has 4 N–H and O–H groups in total. The number of hydrogen-bond donors (Lipinski definition) is 3. The van der Waals surface area contributed by atoms with Crippen LogP contribution in [0.15, 0.2) is 42.5 Å². The molecule has 23 heavy (non-hydrogen) atoms. The number of ether oxygens (including phenoxy) is 1. The quantitative estimate of drug-likeness (QED) is 0.446. The third-order valence-electron chi connectivity index (χ3n) is 3.10. The largest absolute Gasteiger partial charge is 0.484 e. The van der Waals surface area contributed by atoms with Crippen molar-refractivity contribution in [3.63, 3.8) is 0 Å². The second-order valence-electron chi connectivity index (χ2n) is 5.21. The zero-order valence-corrected chi connectivity index (χ0v) is 13.1. The van der Waals surface area contributed by atoms with Crippen molar-refractivity contribution in [2.24, 2.45) is 5.84 Å². The fourth-order valence-corrected chi connectivity index (χ4v) is 2.20. The van der Waals surface area contributed by atoms with Gasteiger partial charge in [-0.1, -0.05) is 12.1 Å². The SMILES string of the molecule is Cc1cc(C)cc(NC(=O)COc2cccc(C(=O)NN)c2)c1. The first-order valence-electron chi connectivity index (χ1n) is 7.10. The lowest BCUT2D eigenvalue weighted by atomic mass is 10.1. The number of nitrogens with two attached hydrogens (primary N) is 1. The van der Waals surface area contributed by atoms with Crippen molar-refractivity contribution in [3.05, 3.63) is 59.2 Å². The van der Waals surface area contributed by atoms with Crippen LogP contribution < -0.4 is 21.3 Å². The van der Waals surface area contributed by atoms with E-state index in [0.29, 0.717) is 11.3 Å². The van der Waals surface area contributed by atoms with Gasteiger partial charge >= 0.3 is 0 Å². The van der Waals surface area contributed by atoms with Gasteiger partial charge in [-0.2, -0.15) is 0 Å². The summed E-state index contributed by atoms with van der Waals surface area (Å²) in [5.41, 5.74) is 5.27. The molecule has 6 heteroatoms. The van der Waals surface area contributed by atoms with Crippen LogP contribution in [0.2, 0.25) is 0 Å². The normalized spacial score (nSPS) is 10.0. The molecule has 0 aliphatic heterocycles. The van der Waals surface area contributed by atoms with E-state index in [9.17, 15) is 9.59 Å². The van der Waals surface area contributed by atoms with Crippen LogP contribution in [0.3, 0.4) is 0 Å². The molecule has 0 bridgehead atoms. The number of hydrazine groups is 1. The molecule has 0 atom stereocenters. The molecule has 0 aliphatic rings. The maximum atomic E-state index is 11.9. The molecular formula is C17H19N3O3. The van der Waals surface area contributed by atoms with Gasteiger partial charge in [0, 0.05) is 11.3 Å². The predicted molar refractivity (Wildman–Crippen MR) is 88.1 cm³/mol. The number of anilines is 1. The smallest absolute Gasteiger partial charge is 0.265 e. The number of amides is 2. The molecular weight excluding hydrogens is 294 g/mol. The summed E-state index contributed by atoms with van der Waals surface area (Å²) in [5, 5.41) is 2.78. The van der Waals surface area contributed by atoms with Crippen molar-refractivity contribution in [3.8, 4) is 5.75 Å². The minimum Gasteiger partial charge on any atom is -0.484 e. The molecule has 0 saturated carbocycles. The minimum atomic E-state index is -0.421. The number of rotatable bonds is 5. The summed E-state index contributed by atoms with van der Waals surface area (Å²) >= 11 is 0. The zero-order valence-electron chi connectivity index (χ0n) is 13.1. The topological polar surface area (TPSA) is 93.4 Å². The van der Waals surface area contributed by atoms with Crippen LogP contribution in [0.4, 0.5) is 5.69 Å². The molecule has 120 valence electrons. The average Bonchev–Trinajstić information content (AvgIpc) is 2.51. The van der Waals surface area contributed by atoms with E-state index in [0.717, 1.165) is 16.8 Å². The minimum absolute atomic E-state index is 0.152. The highest BCUT2D eigenvalue weighted by Crippen LogP contribution is 2.15. The fourth-order valence-electron chi connectivity index (χ4n) is 2.20. The maximum Gasteiger partial charge on any atom is 0.265 e. The molecule has 0 radical (unpaired) electrons. The lowest BCUT2D eigenvalue weighted by Gasteiger charge is -2.09. The van der Waals surface area contributed by atoms with Gasteiger partial charge in [-0.25, -0.2) is 5.84 Å². The molecule has 6 nitrogen and oxygen atoms in total. The Kier molecular flexibility index (Phi) is 5.32. The summed E-state index contributed by atoms with van der Waals surface area (Å²) in [6.07, 6.45) is 0. The Hall–Kier alpha value is -2.86. The summed E-state index contributed by atoms with van der Waals surface area (Å²) in [7, 11) is 0. The van der Waals surface area contributed by atoms with Gasteiger partial charge in [-0.15, -0.1) is 0 Å². The molecule has 2 aromatic carbocycles. The molecule has 2 rings (SSSR count). The molecule has 0 fully saturated rings. The second kappa shape index (κ2) is 7.42. The van der Waals surface area contributed by atoms with Gasteiger partial charge in [-0.05, 0) is 55.3 Å². The van der Waals surface area contributed by atoms with E-state index in [-0.39, 0.29) is 12.5 Å². The first kappa shape index (κ1) is 16.5. The van der Waals surface area contributed by atoms with Crippen LogP contribution >= 0.6 is 0 Å². The lowest BCUT2D eigenvalue weighted by Crippen LogP contribution is -2.29. The summed E-state index contributed by atoms with van der Waals surface area (Å²) in [6, 6.07) is 12.2. The highest BCUT2D eigenvalue weighted by Gasteiger charge is 2.07. The molecule has 0 aliphatic carbocycles. The van der Waals surface area contributed by atoms with Crippen molar-refractivity contribution in [1.29, 1.82) is 0 Å². The van der Waals surface area contributed by atoms with Gasteiger partial charge in [0.2, 0.25) is 0 Å². The third kappa shape index (κ3) is 4.82. The number of aryl methyl sites for hydroxylation is 2. The highest BCUT2D eigenvalue weighted by molar-refractivity contribution is 5.94. The van der Waals surface area contributed by atoms with Crippen molar-refractivity contribution in [1.82, 2.24) is 5.43 Å². The van der Waals surface area contributed by atoms with Crippen LogP contribution in [0.25, 0.3) is 0 Å². The number of hydrogen-bond acceptors (Lipinski definition) is 4. The second-order valence-corrected chi connectivity index (χ2v) is 5.21. The van der Waals surface area contributed by atoms with Crippen LogP contribution in [0, 0.1) is 13.8 Å². The summed E-state index contributed by atoms with van der Waals surface area (Å²) in [4.78, 5) is 23.4. The molecule has 0 spiro atoms. The van der Waals surface area contributed by atoms with E-state index in [2.05, 4.69) is 5.32 Å². The fraction of sp³-hybridized carbons (Fsp3) is 0.176. The first-order chi connectivity index (χ1) is 11.0. The van der Waals surface area contributed by atoms with Gasteiger partial charge in [-0.3, -0.25) is 15.0 Å². The number of carbonyl (C=O) groups excluding carboxylic acids is 2. The molecule has 0 unspecified atom stereocenters. The standard InChI is InChI=1S/C17H19N3O3/c1-11-6-12(2)8-14(7-11)19-16(21)10-23-15-5-3-4-13(9-15)17(22)20-18/h3-9H,10,18H2,1-2H3,(H,19,21)(H,20,22). The van der Waals surface area contributed by atoms with E-state index in [1.165, 1.54) is 6.07 Å². The van der Waals surface area contributed by atoms with Crippen LogP contribution in [0.1, 0.15) is 21.5 Å². The highest BCUT2D eigenvalue weighted by atomic mass is 16.5. The van der Waals surface area contributed by atoms with E-state index >= 15 is 0 Å². The number of benzene rings is 2. The average molecular weight is 313 g/mol. The van der Waals surface area contributed by atoms with Crippen molar-refractivity contribution in [2.45, 2.75) is 13.8 Å². The maximum absolute atomic E-state index is 11.9. The van der Waals surface area contributed by atoms with Crippen molar-refractivity contribution in [2.75, 3.05) is 11.9 Å². The van der Waals surface area contributed by atoms with Crippen LogP contribution in [0.5, 0.6) is 5.75 Å². The van der Waals surface area contributed by atoms with Gasteiger partial charge in [0.15, 0.2) is 6.61 Å². The Balaban J connectivity index is 1.95. The Morgan fingerprint density at radius 1 is 1.09 bits per heavy atom. The van der Waals surface area contributed by atoms with Gasteiger partial charge in [0.05, 0.1) is 0 Å². The Morgan fingerprint density at radius 2 is 1.78 bits per heavy atom. The van der Waals surface area contributed by atoms with Crippen LogP contribution in [-0.2, 0) is 4.79 Å². The Morgan fingerprint density at radius 3 is 2.43 bits per heavy atom. The zero-order chi connectivity index (χ0) is 16.8. The number of carbonyl (C=O) groups is 2. The Bertz CT molecular complexity index is 709. The first-order valence-corrected chi connectivity index (χ1v) is 7.10. The number of nitrogens with one attached hydrogen (secondary N) is 2. The monoisotopic (exact) mass is 313 g/mol. The van der Waals surface area contributed by atoms with E-state index in [1.807, 2.05) is 37.5 Å². The van der Waals surface area contributed by atoms with E-state index in [1.54, 1.807) is 18.2 Å². The van der Waals surface area contributed by atoms with Gasteiger partial charge in [0.1, 0.15) is 5.75 Å². The van der Waals surface area contributed by atoms with Gasteiger partial charge in [0.25, 0.3) is 11.8 Å². The summed E-state index contributed by atoms with van der Waals surface area (Å²) < 4.78 is 5.40. The van der Waals surface area contributed by atoms with Gasteiger partial charge < -0.3 is 10.1 Å². The van der Waals surface area contributed by atoms with Crippen molar-refractivity contribution >= 4 is 17.5 Å². The lowest BCUT2D eigenvalue weighted by molar-refractivity contribution is -0.118. The van der Waals surface area contributed by atoms with Crippen molar-refractivity contribution < 1.29 is 14.3 Å². The van der Waals surface area contributed by atoms with E-state index in [4.69, 9.17) is 10.6 Å². The Labute approximate surface area is 134 Å². The molecule has 0 heterocycles. The molecule has 0 saturated heterocycles. The third-order valence-corrected chi connectivity index (χ3v) is 3.10.